The normalized spacial score (nSPS) is 14.3. The Bertz CT molecular complexity index is 1080. The second-order valence-corrected chi connectivity index (χ2v) is 11.6. The van der Waals surface area contributed by atoms with Gasteiger partial charge in [-0.1, -0.05) is 6.08 Å². The van der Waals surface area contributed by atoms with Crippen molar-refractivity contribution in [3.63, 3.8) is 0 Å². The number of carbonyl (C=O) groups excluding carboxylic acids is 4. The van der Waals surface area contributed by atoms with Crippen molar-refractivity contribution in [1.82, 2.24) is 14.9 Å². The number of amides is 3. The van der Waals surface area contributed by atoms with Crippen molar-refractivity contribution < 1.29 is 38.1 Å². The molecule has 2 heterocycles. The van der Waals surface area contributed by atoms with Gasteiger partial charge in [0.2, 0.25) is 0 Å². The van der Waals surface area contributed by atoms with Crippen LogP contribution in [0.15, 0.2) is 12.3 Å². The van der Waals surface area contributed by atoms with Gasteiger partial charge in [-0.15, -0.1) is 0 Å². The van der Waals surface area contributed by atoms with Crippen LogP contribution in [0.1, 0.15) is 84.9 Å². The molecule has 0 aliphatic carbocycles. The molecule has 0 atom stereocenters. The Morgan fingerprint density at radius 1 is 0.868 bits per heavy atom. The Morgan fingerprint density at radius 3 is 1.82 bits per heavy atom. The number of aromatic nitrogens is 2. The van der Waals surface area contributed by atoms with Crippen molar-refractivity contribution in [1.29, 1.82) is 0 Å². The molecule has 38 heavy (non-hydrogen) atoms. The van der Waals surface area contributed by atoms with Crippen LogP contribution in [-0.4, -0.2) is 76.1 Å². The Hall–Kier alpha value is -3.70. The van der Waals surface area contributed by atoms with Gasteiger partial charge in [0.25, 0.3) is 0 Å². The van der Waals surface area contributed by atoms with E-state index in [1.807, 2.05) is 0 Å². The van der Waals surface area contributed by atoms with Gasteiger partial charge in [0.05, 0.1) is 19.0 Å². The van der Waals surface area contributed by atoms with Gasteiger partial charge in [-0.3, -0.25) is 0 Å². The van der Waals surface area contributed by atoms with E-state index in [2.05, 4.69) is 9.97 Å². The highest BCUT2D eigenvalue weighted by molar-refractivity contribution is 6.12. The number of esters is 1. The second kappa shape index (κ2) is 11.4. The third-order valence-corrected chi connectivity index (χ3v) is 4.69. The van der Waals surface area contributed by atoms with Crippen LogP contribution in [0, 0.1) is 0 Å². The van der Waals surface area contributed by atoms with E-state index in [9.17, 15) is 19.2 Å². The fourth-order valence-electron chi connectivity index (χ4n) is 3.19. The van der Waals surface area contributed by atoms with Crippen LogP contribution in [0.3, 0.4) is 0 Å². The van der Waals surface area contributed by atoms with Crippen LogP contribution in [0.4, 0.5) is 20.2 Å². The van der Waals surface area contributed by atoms with Gasteiger partial charge in [0.15, 0.2) is 11.5 Å². The Morgan fingerprint density at radius 2 is 1.39 bits per heavy atom. The maximum atomic E-state index is 13.1. The summed E-state index contributed by atoms with van der Waals surface area (Å²) in [7, 11) is 1.14. The highest BCUT2D eigenvalue weighted by Crippen LogP contribution is 2.27. The van der Waals surface area contributed by atoms with E-state index in [4.69, 9.17) is 18.9 Å². The molecule has 0 saturated heterocycles. The SMILES string of the molecule is COC(=O)c1nc(C2=CCN(C(=O)OC(C)(C)C)CC2)cnc1N(C(=O)OC(C)(C)C)C(=O)OC(C)(C)C. The predicted molar refractivity (Wildman–Crippen MR) is 139 cm³/mol. The van der Waals surface area contributed by atoms with Crippen molar-refractivity contribution in [2.75, 3.05) is 25.1 Å². The molecule has 0 spiro atoms. The molecule has 1 aliphatic heterocycles. The van der Waals surface area contributed by atoms with Gasteiger partial charge < -0.3 is 23.8 Å². The van der Waals surface area contributed by atoms with Crippen LogP contribution >= 0.6 is 0 Å². The fraction of sp³-hybridized carbons (Fsp3) is 0.615. The number of imide groups is 1. The molecule has 3 amide bonds. The molecular weight excluding hydrogens is 496 g/mol. The minimum Gasteiger partial charge on any atom is -0.464 e. The maximum Gasteiger partial charge on any atom is 0.425 e. The Labute approximate surface area is 223 Å². The van der Waals surface area contributed by atoms with Gasteiger partial charge in [-0.25, -0.2) is 29.1 Å². The summed E-state index contributed by atoms with van der Waals surface area (Å²) in [5, 5.41) is 0. The van der Waals surface area contributed by atoms with Crippen molar-refractivity contribution in [2.24, 2.45) is 0 Å². The zero-order valence-corrected chi connectivity index (χ0v) is 23.8. The summed E-state index contributed by atoms with van der Waals surface area (Å²) in [6, 6.07) is 0. The van der Waals surface area contributed by atoms with Gasteiger partial charge in [-0.2, -0.15) is 4.90 Å². The van der Waals surface area contributed by atoms with E-state index in [0.29, 0.717) is 23.6 Å². The second-order valence-electron chi connectivity index (χ2n) is 11.6. The third kappa shape index (κ3) is 8.70. The number of rotatable bonds is 3. The van der Waals surface area contributed by atoms with Gasteiger partial charge in [0, 0.05) is 13.1 Å². The van der Waals surface area contributed by atoms with E-state index in [-0.39, 0.29) is 12.2 Å². The van der Waals surface area contributed by atoms with Crippen LogP contribution in [0.2, 0.25) is 0 Å². The topological polar surface area (TPSA) is 137 Å². The zero-order chi connectivity index (χ0) is 29.1. The first-order chi connectivity index (χ1) is 17.3. The first-order valence-corrected chi connectivity index (χ1v) is 12.2. The molecule has 0 fully saturated rings. The Kier molecular flexibility index (Phi) is 9.13. The average Bonchev–Trinajstić information content (AvgIpc) is 2.75. The van der Waals surface area contributed by atoms with Crippen LogP contribution in [-0.2, 0) is 18.9 Å². The van der Waals surface area contributed by atoms with Crippen molar-refractivity contribution in [2.45, 2.75) is 85.5 Å². The molecule has 1 aromatic heterocycles. The monoisotopic (exact) mass is 534 g/mol. The minimum absolute atomic E-state index is 0.267. The number of ether oxygens (including phenoxy) is 4. The molecule has 12 nitrogen and oxygen atoms in total. The number of carbonyl (C=O) groups is 4. The molecule has 0 bridgehead atoms. The number of nitrogens with zero attached hydrogens (tertiary/aromatic N) is 4. The van der Waals surface area contributed by atoms with Crippen LogP contribution in [0.5, 0.6) is 0 Å². The first kappa shape index (κ1) is 30.5. The number of methoxy groups -OCH3 is 1. The van der Waals surface area contributed by atoms with Crippen molar-refractivity contribution in [3.05, 3.63) is 23.7 Å². The zero-order valence-electron chi connectivity index (χ0n) is 23.8. The lowest BCUT2D eigenvalue weighted by Gasteiger charge is -2.30. The summed E-state index contributed by atoms with van der Waals surface area (Å²) >= 11 is 0. The molecule has 0 saturated carbocycles. The van der Waals surface area contributed by atoms with Crippen LogP contribution in [0.25, 0.3) is 5.57 Å². The van der Waals surface area contributed by atoms with Crippen LogP contribution < -0.4 is 4.90 Å². The largest absolute Gasteiger partial charge is 0.464 e. The van der Waals surface area contributed by atoms with E-state index in [1.165, 1.54) is 6.20 Å². The summed E-state index contributed by atoms with van der Waals surface area (Å²) in [4.78, 5) is 61.9. The standard InChI is InChI=1S/C26H38N4O8/c1-24(2,3)36-21(32)29-13-11-16(12-14-29)17-15-27-19(18(28-17)20(31)35-10)30(22(33)37-25(4,5)6)23(34)38-26(7,8)9/h11,15H,12-14H2,1-10H3. The molecule has 1 aliphatic rings. The molecule has 0 aromatic carbocycles. The lowest BCUT2D eigenvalue weighted by Crippen LogP contribution is -2.45. The number of hydrogen-bond donors (Lipinski definition) is 0. The van der Waals surface area contributed by atoms with Crippen molar-refractivity contribution in [3.8, 4) is 0 Å². The van der Waals surface area contributed by atoms with Gasteiger partial charge >= 0.3 is 24.2 Å². The first-order valence-electron chi connectivity index (χ1n) is 12.2. The van der Waals surface area contributed by atoms with Gasteiger partial charge in [-0.05, 0) is 74.3 Å². The van der Waals surface area contributed by atoms with Crippen molar-refractivity contribution >= 4 is 35.6 Å². The lowest BCUT2D eigenvalue weighted by molar-refractivity contribution is 0.0269. The summed E-state index contributed by atoms with van der Waals surface area (Å²) in [5.41, 5.74) is -1.86. The smallest absolute Gasteiger partial charge is 0.425 e. The molecule has 12 heteroatoms. The highest BCUT2D eigenvalue weighted by Gasteiger charge is 2.37. The highest BCUT2D eigenvalue weighted by atomic mass is 16.6. The molecule has 0 N–H and O–H groups in total. The maximum absolute atomic E-state index is 13.1. The minimum atomic E-state index is -1.09. The van der Waals surface area contributed by atoms with Gasteiger partial charge in [0.1, 0.15) is 16.8 Å². The molecule has 0 unspecified atom stereocenters. The molecule has 210 valence electrons. The summed E-state index contributed by atoms with van der Waals surface area (Å²) in [5.74, 6) is -1.31. The average molecular weight is 535 g/mol. The third-order valence-electron chi connectivity index (χ3n) is 4.69. The summed E-state index contributed by atoms with van der Waals surface area (Å²) in [6.07, 6.45) is 0.897. The molecular formula is C26H38N4O8. The van der Waals surface area contributed by atoms with E-state index >= 15 is 0 Å². The lowest BCUT2D eigenvalue weighted by atomic mass is 10.1. The quantitative estimate of drug-likeness (QED) is 0.386. The molecule has 1 aromatic rings. The molecule has 0 radical (unpaired) electrons. The number of hydrogen-bond acceptors (Lipinski definition) is 10. The summed E-state index contributed by atoms with van der Waals surface area (Å²) in [6.45, 7) is 15.8. The van der Waals surface area contributed by atoms with E-state index in [0.717, 1.165) is 12.7 Å². The van der Waals surface area contributed by atoms with E-state index in [1.54, 1.807) is 73.3 Å². The summed E-state index contributed by atoms with van der Waals surface area (Å²) < 4.78 is 21.0. The fourth-order valence-corrected chi connectivity index (χ4v) is 3.19. The number of anilines is 1. The molecule has 2 rings (SSSR count). The van der Waals surface area contributed by atoms with E-state index < -0.39 is 46.9 Å². The predicted octanol–water partition coefficient (Wildman–Crippen LogP) is 4.96. The Balaban J connectivity index is 2.48.